The highest BCUT2D eigenvalue weighted by molar-refractivity contribution is 7.99. The molecule has 3 aromatic rings. The molecule has 6 nitrogen and oxygen atoms in total. The Morgan fingerprint density at radius 3 is 2.52 bits per heavy atom. The van der Waals surface area contributed by atoms with Crippen molar-refractivity contribution in [2.45, 2.75) is 23.3 Å². The van der Waals surface area contributed by atoms with Crippen LogP contribution in [-0.4, -0.2) is 30.8 Å². The Morgan fingerprint density at radius 1 is 1.13 bits per heavy atom. The van der Waals surface area contributed by atoms with Gasteiger partial charge in [0.1, 0.15) is 13.7 Å². The van der Waals surface area contributed by atoms with Gasteiger partial charge in [-0.25, -0.2) is 4.98 Å². The van der Waals surface area contributed by atoms with Crippen molar-refractivity contribution in [3.8, 4) is 5.88 Å². The predicted octanol–water partition coefficient (Wildman–Crippen LogP) is 4.87. The molecular formula is C23H22ClN3O3S. The third-order valence-corrected chi connectivity index (χ3v) is 5.67. The Kier molecular flexibility index (Phi) is 7.92. The number of aromatic nitrogens is 1. The summed E-state index contributed by atoms with van der Waals surface area (Å²) < 4.78 is 5.84. The van der Waals surface area contributed by atoms with Crippen LogP contribution in [-0.2, 0) is 16.2 Å². The van der Waals surface area contributed by atoms with Crippen LogP contribution in [0.5, 0.6) is 5.88 Å². The zero-order valence-corrected chi connectivity index (χ0v) is 19.0. The minimum absolute atomic E-state index is 0.115. The van der Waals surface area contributed by atoms with E-state index in [0.29, 0.717) is 22.0 Å². The van der Waals surface area contributed by atoms with Crippen LogP contribution < -0.4 is 10.1 Å². The Labute approximate surface area is 190 Å². The molecule has 0 bridgehead atoms. The summed E-state index contributed by atoms with van der Waals surface area (Å²) in [6, 6.07) is 17.3. The number of carbonyl (C=O) groups is 1. The Bertz CT molecular complexity index is 1070. The number of benzene rings is 2. The fraction of sp³-hybridized carbons (Fsp3) is 0.174. The molecule has 1 heterocycles. The van der Waals surface area contributed by atoms with Crippen LogP contribution in [0.2, 0.25) is 5.02 Å². The van der Waals surface area contributed by atoms with Gasteiger partial charge in [0.25, 0.3) is 5.91 Å². The molecule has 0 aliphatic rings. The monoisotopic (exact) mass is 455 g/mol. The van der Waals surface area contributed by atoms with E-state index in [-0.39, 0.29) is 18.2 Å². The van der Waals surface area contributed by atoms with E-state index < -0.39 is 0 Å². The van der Waals surface area contributed by atoms with Gasteiger partial charge in [-0.3, -0.25) is 4.79 Å². The summed E-state index contributed by atoms with van der Waals surface area (Å²) in [5, 5.41) is 6.86. The summed E-state index contributed by atoms with van der Waals surface area (Å²) in [4.78, 5) is 23.6. The number of aryl methyl sites for hydroxylation is 1. The number of pyridine rings is 1. The zero-order chi connectivity index (χ0) is 22.2. The number of rotatable bonds is 8. The van der Waals surface area contributed by atoms with Crippen LogP contribution in [0.3, 0.4) is 0 Å². The first-order valence-electron chi connectivity index (χ1n) is 9.46. The summed E-state index contributed by atoms with van der Waals surface area (Å²) in [5.41, 5.74) is 2.48. The third-order valence-electron chi connectivity index (χ3n) is 4.33. The fourth-order valence-corrected chi connectivity index (χ4v) is 3.77. The van der Waals surface area contributed by atoms with E-state index in [2.05, 4.69) is 46.6 Å². The summed E-state index contributed by atoms with van der Waals surface area (Å²) >= 11 is 8.01. The second-order valence-corrected chi connectivity index (χ2v) is 8.06. The van der Waals surface area contributed by atoms with Crippen LogP contribution in [0.4, 0.5) is 0 Å². The van der Waals surface area contributed by atoms with Crippen molar-refractivity contribution in [1.82, 2.24) is 10.3 Å². The van der Waals surface area contributed by atoms with Gasteiger partial charge in [-0.2, -0.15) is 0 Å². The maximum Gasteiger partial charge on any atom is 0.273 e. The highest BCUT2D eigenvalue weighted by atomic mass is 35.5. The fourth-order valence-electron chi connectivity index (χ4n) is 2.75. The Balaban J connectivity index is 1.74. The lowest BCUT2D eigenvalue weighted by Gasteiger charge is -2.13. The number of hydrogen-bond donors (Lipinski definition) is 1. The highest BCUT2D eigenvalue weighted by Gasteiger charge is 2.20. The maximum atomic E-state index is 12.2. The average molecular weight is 456 g/mol. The Hall–Kier alpha value is -3.03. The van der Waals surface area contributed by atoms with Gasteiger partial charge in [-0.15, -0.1) is 0 Å². The van der Waals surface area contributed by atoms with Gasteiger partial charge in [0, 0.05) is 45.3 Å². The van der Waals surface area contributed by atoms with Crippen LogP contribution in [0.1, 0.15) is 16.7 Å². The molecule has 8 heteroatoms. The molecule has 0 saturated carbocycles. The molecule has 3 rings (SSSR count). The van der Waals surface area contributed by atoms with E-state index in [9.17, 15) is 4.79 Å². The normalized spacial score (nSPS) is 11.2. The quantitative estimate of drug-likeness (QED) is 0.387. The molecular weight excluding hydrogens is 434 g/mol. The van der Waals surface area contributed by atoms with Crippen molar-refractivity contribution in [2.75, 3.05) is 14.2 Å². The van der Waals surface area contributed by atoms with E-state index in [0.717, 1.165) is 9.79 Å². The van der Waals surface area contributed by atoms with E-state index in [4.69, 9.17) is 21.2 Å². The van der Waals surface area contributed by atoms with Gasteiger partial charge < -0.3 is 14.9 Å². The lowest BCUT2D eigenvalue weighted by molar-refractivity contribution is -0.114. The first-order chi connectivity index (χ1) is 15.0. The number of amides is 1. The van der Waals surface area contributed by atoms with Crippen molar-refractivity contribution in [3.63, 3.8) is 0 Å². The van der Waals surface area contributed by atoms with Crippen molar-refractivity contribution in [3.05, 3.63) is 82.5 Å². The predicted molar refractivity (Wildman–Crippen MR) is 123 cm³/mol. The number of oxime groups is 1. The number of likely N-dealkylation sites (N-methyl/N-ethyl adjacent to an activating group) is 1. The molecule has 0 atom stereocenters. The number of nitrogens with zero attached hydrogens (tertiary/aromatic N) is 2. The summed E-state index contributed by atoms with van der Waals surface area (Å²) in [5.74, 6) is 0.0604. The van der Waals surface area contributed by atoms with Gasteiger partial charge in [-0.1, -0.05) is 58.3 Å². The van der Waals surface area contributed by atoms with Crippen LogP contribution in [0.25, 0.3) is 0 Å². The molecule has 0 fully saturated rings. The molecule has 0 aliphatic carbocycles. The molecule has 1 amide bonds. The van der Waals surface area contributed by atoms with Crippen LogP contribution in [0, 0.1) is 6.92 Å². The lowest BCUT2D eigenvalue weighted by Crippen LogP contribution is -2.29. The van der Waals surface area contributed by atoms with Gasteiger partial charge in [0.2, 0.25) is 5.88 Å². The molecule has 0 radical (unpaired) electrons. The Morgan fingerprint density at radius 2 is 1.87 bits per heavy atom. The smallest absolute Gasteiger partial charge is 0.273 e. The first kappa shape index (κ1) is 22.7. The number of hydrogen-bond acceptors (Lipinski definition) is 6. The molecule has 0 unspecified atom stereocenters. The van der Waals surface area contributed by atoms with E-state index >= 15 is 0 Å². The molecule has 31 heavy (non-hydrogen) atoms. The second kappa shape index (κ2) is 10.8. The minimum atomic E-state index is -0.388. The molecule has 1 N–H and O–H groups in total. The highest BCUT2D eigenvalue weighted by Crippen LogP contribution is 2.28. The lowest BCUT2D eigenvalue weighted by atomic mass is 10.0. The molecule has 0 aliphatic heterocycles. The first-order valence-corrected chi connectivity index (χ1v) is 10.7. The van der Waals surface area contributed by atoms with Gasteiger partial charge in [0.05, 0.1) is 0 Å². The largest absolute Gasteiger partial charge is 0.473 e. The van der Waals surface area contributed by atoms with E-state index in [1.807, 2.05) is 6.07 Å². The molecule has 2 aromatic carbocycles. The van der Waals surface area contributed by atoms with Crippen molar-refractivity contribution in [1.29, 1.82) is 0 Å². The maximum absolute atomic E-state index is 12.2. The minimum Gasteiger partial charge on any atom is -0.473 e. The topological polar surface area (TPSA) is 72.8 Å². The van der Waals surface area contributed by atoms with Crippen molar-refractivity contribution in [2.24, 2.45) is 5.16 Å². The third kappa shape index (κ3) is 5.99. The number of ether oxygens (including phenoxy) is 1. The average Bonchev–Trinajstić information content (AvgIpc) is 2.78. The van der Waals surface area contributed by atoms with Gasteiger partial charge in [-0.05, 0) is 31.2 Å². The molecule has 160 valence electrons. The summed E-state index contributed by atoms with van der Waals surface area (Å²) in [6.07, 6.45) is 1.76. The van der Waals surface area contributed by atoms with Crippen molar-refractivity contribution < 1.29 is 14.4 Å². The van der Waals surface area contributed by atoms with Crippen molar-refractivity contribution >= 4 is 35.0 Å². The molecule has 1 aromatic heterocycles. The van der Waals surface area contributed by atoms with Gasteiger partial charge in [0.15, 0.2) is 5.71 Å². The summed E-state index contributed by atoms with van der Waals surface area (Å²) in [6.45, 7) is 2.18. The van der Waals surface area contributed by atoms with Gasteiger partial charge >= 0.3 is 0 Å². The zero-order valence-electron chi connectivity index (χ0n) is 17.4. The van der Waals surface area contributed by atoms with Crippen LogP contribution in [0.15, 0.2) is 75.7 Å². The standard InChI is InChI=1S/C23H22ClN3O3S/c1-15-7-9-16(10-8-15)31-17-11-12-21(26-13-17)30-14-19-18(5-4-6-20(19)24)22(27-29-3)23(28)25-2/h4-13H,14H2,1-3H3,(H,25,28). The summed E-state index contributed by atoms with van der Waals surface area (Å²) in [7, 11) is 2.90. The second-order valence-electron chi connectivity index (χ2n) is 6.50. The molecule has 0 saturated heterocycles. The molecule has 0 spiro atoms. The van der Waals surface area contributed by atoms with Crippen LogP contribution >= 0.6 is 23.4 Å². The van der Waals surface area contributed by atoms with E-state index in [1.54, 1.807) is 42.2 Å². The SMILES string of the molecule is CNC(=O)C(=NOC)c1cccc(Cl)c1COc1ccc(Sc2ccc(C)cc2)cn1. The number of halogens is 1. The van der Waals surface area contributed by atoms with E-state index in [1.165, 1.54) is 19.7 Å². The number of nitrogens with one attached hydrogen (secondary N) is 1. The number of carbonyl (C=O) groups excluding carboxylic acids is 1.